The molecule has 0 saturated carbocycles. The molecule has 1 aromatic heterocycles. The van der Waals surface area contributed by atoms with Crippen LogP contribution in [0.4, 0.5) is 4.39 Å². The Hall–Kier alpha value is -0.970. The second-order valence-corrected chi connectivity index (χ2v) is 6.08. The van der Waals surface area contributed by atoms with Crippen molar-refractivity contribution >= 4 is 9.84 Å². The lowest BCUT2D eigenvalue weighted by Gasteiger charge is -2.07. The molecule has 84 valence electrons. The van der Waals surface area contributed by atoms with Gasteiger partial charge in [-0.25, -0.2) is 12.8 Å². The van der Waals surface area contributed by atoms with Gasteiger partial charge < -0.3 is 0 Å². The maximum atomic E-state index is 13.4. The summed E-state index contributed by atoms with van der Waals surface area (Å²) in [6.07, 6.45) is 2.53. The molecule has 0 unspecified atom stereocenters. The first-order chi connectivity index (χ1) is 6.79. The number of sulfone groups is 1. The van der Waals surface area contributed by atoms with Crippen LogP contribution in [0.2, 0.25) is 0 Å². The van der Waals surface area contributed by atoms with Crippen LogP contribution in [0.5, 0.6) is 0 Å². The molecule has 0 N–H and O–H groups in total. The summed E-state index contributed by atoms with van der Waals surface area (Å²) in [5.74, 6) is -0.613. The van der Waals surface area contributed by atoms with E-state index in [-0.39, 0.29) is 11.7 Å². The molecule has 0 radical (unpaired) electrons. The monoisotopic (exact) mass is 231 g/mol. The van der Waals surface area contributed by atoms with Crippen LogP contribution in [0.25, 0.3) is 0 Å². The van der Waals surface area contributed by atoms with E-state index < -0.39 is 15.7 Å². The van der Waals surface area contributed by atoms with Crippen LogP contribution in [0.15, 0.2) is 12.3 Å². The maximum Gasteiger partial charge on any atom is 0.151 e. The number of rotatable bonds is 3. The first-order valence-electron chi connectivity index (χ1n) is 4.61. The average molecular weight is 231 g/mol. The van der Waals surface area contributed by atoms with Crippen molar-refractivity contribution in [2.75, 3.05) is 6.26 Å². The number of nitrogens with zero attached hydrogens (tertiary/aromatic N) is 1. The Morgan fingerprint density at radius 1 is 1.47 bits per heavy atom. The average Bonchev–Trinajstić information content (AvgIpc) is 1.99. The van der Waals surface area contributed by atoms with E-state index in [1.807, 2.05) is 13.8 Å². The fourth-order valence-corrected chi connectivity index (χ4v) is 2.06. The molecule has 0 aromatic carbocycles. The maximum absolute atomic E-state index is 13.4. The Balaban J connectivity index is 3.02. The van der Waals surface area contributed by atoms with E-state index in [1.54, 1.807) is 0 Å². The summed E-state index contributed by atoms with van der Waals surface area (Å²) in [5.41, 5.74) is 0.756. The van der Waals surface area contributed by atoms with E-state index in [0.29, 0.717) is 11.3 Å². The summed E-state index contributed by atoms with van der Waals surface area (Å²) in [4.78, 5) is 3.92. The lowest BCUT2D eigenvalue weighted by Crippen LogP contribution is -2.04. The van der Waals surface area contributed by atoms with Crippen molar-refractivity contribution in [3.8, 4) is 0 Å². The summed E-state index contributed by atoms with van der Waals surface area (Å²) < 4.78 is 35.4. The highest BCUT2D eigenvalue weighted by molar-refractivity contribution is 7.89. The van der Waals surface area contributed by atoms with Gasteiger partial charge in [0.15, 0.2) is 9.84 Å². The fraction of sp³-hybridized carbons (Fsp3) is 0.500. The summed E-state index contributed by atoms with van der Waals surface area (Å²) >= 11 is 0. The highest BCUT2D eigenvalue weighted by Crippen LogP contribution is 2.17. The number of halogens is 1. The van der Waals surface area contributed by atoms with Crippen molar-refractivity contribution in [2.24, 2.45) is 0 Å². The molecular weight excluding hydrogens is 217 g/mol. The largest absolute Gasteiger partial charge is 0.258 e. The van der Waals surface area contributed by atoms with E-state index in [2.05, 4.69) is 4.98 Å². The third-order valence-corrected chi connectivity index (χ3v) is 2.76. The van der Waals surface area contributed by atoms with Gasteiger partial charge in [0.05, 0.1) is 11.4 Å². The van der Waals surface area contributed by atoms with Gasteiger partial charge in [0.25, 0.3) is 0 Å². The molecule has 1 aromatic rings. The Bertz CT molecular complexity index is 454. The highest BCUT2D eigenvalue weighted by atomic mass is 32.2. The molecule has 0 amide bonds. The van der Waals surface area contributed by atoms with E-state index in [9.17, 15) is 12.8 Å². The van der Waals surface area contributed by atoms with E-state index in [0.717, 1.165) is 6.26 Å². The lowest BCUT2D eigenvalue weighted by molar-refractivity contribution is 0.581. The topological polar surface area (TPSA) is 47.0 Å². The number of aromatic nitrogens is 1. The smallest absolute Gasteiger partial charge is 0.151 e. The Morgan fingerprint density at radius 3 is 2.47 bits per heavy atom. The van der Waals surface area contributed by atoms with Crippen molar-refractivity contribution in [2.45, 2.75) is 25.5 Å². The van der Waals surface area contributed by atoms with Gasteiger partial charge in [-0.15, -0.1) is 0 Å². The van der Waals surface area contributed by atoms with Crippen LogP contribution >= 0.6 is 0 Å². The predicted octanol–water partition coefficient (Wildman–Crippen LogP) is 1.89. The van der Waals surface area contributed by atoms with Crippen molar-refractivity contribution in [1.29, 1.82) is 0 Å². The van der Waals surface area contributed by atoms with Gasteiger partial charge >= 0.3 is 0 Å². The zero-order valence-corrected chi connectivity index (χ0v) is 9.81. The minimum atomic E-state index is -3.13. The van der Waals surface area contributed by atoms with Crippen molar-refractivity contribution in [1.82, 2.24) is 4.98 Å². The predicted molar refractivity (Wildman–Crippen MR) is 56.8 cm³/mol. The summed E-state index contributed by atoms with van der Waals surface area (Å²) in [6, 6.07) is 1.24. The van der Waals surface area contributed by atoms with Gasteiger partial charge in [0.2, 0.25) is 0 Å². The van der Waals surface area contributed by atoms with Crippen LogP contribution in [0.1, 0.15) is 31.0 Å². The first-order valence-corrected chi connectivity index (χ1v) is 6.67. The van der Waals surface area contributed by atoms with Crippen LogP contribution in [0.3, 0.4) is 0 Å². The molecule has 0 aliphatic heterocycles. The zero-order valence-electron chi connectivity index (χ0n) is 8.99. The molecule has 0 bridgehead atoms. The number of hydrogen-bond acceptors (Lipinski definition) is 3. The Morgan fingerprint density at radius 2 is 2.07 bits per heavy atom. The fourth-order valence-electron chi connectivity index (χ4n) is 1.29. The highest BCUT2D eigenvalue weighted by Gasteiger charge is 2.11. The Labute approximate surface area is 89.3 Å². The lowest BCUT2D eigenvalue weighted by atomic mass is 10.1. The van der Waals surface area contributed by atoms with Gasteiger partial charge in [-0.1, -0.05) is 13.8 Å². The third kappa shape index (κ3) is 3.58. The van der Waals surface area contributed by atoms with Crippen molar-refractivity contribution < 1.29 is 12.8 Å². The minimum Gasteiger partial charge on any atom is -0.258 e. The van der Waals surface area contributed by atoms with Crippen LogP contribution in [-0.2, 0) is 15.6 Å². The summed E-state index contributed by atoms with van der Waals surface area (Å²) in [7, 11) is -3.13. The molecule has 15 heavy (non-hydrogen) atoms. The number of pyridine rings is 1. The first kappa shape index (κ1) is 12.1. The second kappa shape index (κ2) is 4.26. The van der Waals surface area contributed by atoms with E-state index >= 15 is 0 Å². The molecule has 5 heteroatoms. The summed E-state index contributed by atoms with van der Waals surface area (Å²) in [5, 5.41) is 0. The third-order valence-electron chi connectivity index (χ3n) is 1.90. The quantitative estimate of drug-likeness (QED) is 0.798. The minimum absolute atomic E-state index is 0.00252. The zero-order chi connectivity index (χ0) is 11.6. The second-order valence-electron chi connectivity index (χ2n) is 3.94. The molecule has 0 fully saturated rings. The van der Waals surface area contributed by atoms with Crippen molar-refractivity contribution in [3.63, 3.8) is 0 Å². The molecule has 0 aliphatic rings. The van der Waals surface area contributed by atoms with E-state index in [4.69, 9.17) is 0 Å². The molecular formula is C10H14FNO2S. The molecule has 1 rings (SSSR count). The number of hydrogen-bond donors (Lipinski definition) is 0. The molecule has 0 atom stereocenters. The SMILES string of the molecule is CC(C)c1ncc(CS(C)(=O)=O)cc1F. The molecule has 3 nitrogen and oxygen atoms in total. The molecule has 0 saturated heterocycles. The standard InChI is InChI=1S/C10H14FNO2S/c1-7(2)10-9(11)4-8(5-12-10)6-15(3,13)14/h4-5,7H,6H2,1-3H3. The van der Waals surface area contributed by atoms with Gasteiger partial charge in [-0.2, -0.15) is 0 Å². The molecule has 0 aliphatic carbocycles. The van der Waals surface area contributed by atoms with Crippen LogP contribution in [0, 0.1) is 5.82 Å². The van der Waals surface area contributed by atoms with Gasteiger partial charge in [0.1, 0.15) is 5.82 Å². The molecule has 0 spiro atoms. The van der Waals surface area contributed by atoms with Crippen LogP contribution < -0.4 is 0 Å². The van der Waals surface area contributed by atoms with Gasteiger partial charge in [0, 0.05) is 12.5 Å². The van der Waals surface area contributed by atoms with Gasteiger partial charge in [-0.05, 0) is 17.5 Å². The van der Waals surface area contributed by atoms with E-state index in [1.165, 1.54) is 12.3 Å². The van der Waals surface area contributed by atoms with Crippen molar-refractivity contribution in [3.05, 3.63) is 29.3 Å². The summed E-state index contributed by atoms with van der Waals surface area (Å²) in [6.45, 7) is 3.67. The Kier molecular flexibility index (Phi) is 3.44. The molecule has 1 heterocycles. The normalized spacial score (nSPS) is 12.1. The van der Waals surface area contributed by atoms with Crippen LogP contribution in [-0.4, -0.2) is 19.7 Å². The van der Waals surface area contributed by atoms with Gasteiger partial charge in [-0.3, -0.25) is 4.98 Å².